The first-order chi connectivity index (χ1) is 13.8. The highest BCUT2D eigenvalue weighted by Gasteiger charge is 2.35. The summed E-state index contributed by atoms with van der Waals surface area (Å²) in [6.45, 7) is -0.616. The van der Waals surface area contributed by atoms with E-state index in [2.05, 4.69) is 21.4 Å². The number of hydrazine groups is 1. The van der Waals surface area contributed by atoms with Crippen LogP contribution in [0.15, 0.2) is 52.5 Å². The Morgan fingerprint density at radius 2 is 1.97 bits per heavy atom. The predicted octanol–water partition coefficient (Wildman–Crippen LogP) is 1.68. The molecule has 1 aliphatic rings. The number of carbonyl (C=O) groups excluding carboxylic acids is 3. The number of nitro benzene ring substituents is 1. The molecule has 3 amide bonds. The average molecular weight is 461 g/mol. The Hall–Kier alpha value is -3.73. The third kappa shape index (κ3) is 4.24. The third-order valence-corrected chi connectivity index (χ3v) is 4.28. The van der Waals surface area contributed by atoms with Gasteiger partial charge >= 0.3 is 5.69 Å². The number of nitrogens with zero attached hydrogens (tertiary/aromatic N) is 2. The van der Waals surface area contributed by atoms with Gasteiger partial charge in [-0.2, -0.15) is 0 Å². The molecular formula is C18H13BrN4O6. The van der Waals surface area contributed by atoms with E-state index in [4.69, 9.17) is 10.5 Å². The summed E-state index contributed by atoms with van der Waals surface area (Å²) >= 11 is 3.15. The number of primary amides is 1. The second kappa shape index (κ2) is 8.10. The van der Waals surface area contributed by atoms with Crippen molar-refractivity contribution in [3.63, 3.8) is 0 Å². The van der Waals surface area contributed by atoms with E-state index in [0.717, 1.165) is 11.1 Å². The van der Waals surface area contributed by atoms with Crippen molar-refractivity contribution in [1.29, 1.82) is 0 Å². The van der Waals surface area contributed by atoms with Gasteiger partial charge in [0.15, 0.2) is 6.61 Å². The number of hydrogen-bond donors (Lipinski definition) is 2. The molecule has 0 atom stereocenters. The first-order valence-corrected chi connectivity index (χ1v) is 8.88. The van der Waals surface area contributed by atoms with Crippen molar-refractivity contribution in [2.75, 3.05) is 11.6 Å². The monoisotopic (exact) mass is 460 g/mol. The van der Waals surface area contributed by atoms with E-state index >= 15 is 0 Å². The number of amides is 3. The van der Waals surface area contributed by atoms with Crippen LogP contribution in [0.3, 0.4) is 0 Å². The largest absolute Gasteiger partial charge is 0.476 e. The molecular weight excluding hydrogens is 448 g/mol. The van der Waals surface area contributed by atoms with Gasteiger partial charge in [0.1, 0.15) is 5.57 Å². The molecule has 1 fully saturated rings. The predicted molar refractivity (Wildman–Crippen MR) is 106 cm³/mol. The lowest BCUT2D eigenvalue weighted by Crippen LogP contribution is -2.35. The topological polar surface area (TPSA) is 145 Å². The Labute approximate surface area is 172 Å². The highest BCUT2D eigenvalue weighted by molar-refractivity contribution is 9.10. The van der Waals surface area contributed by atoms with Gasteiger partial charge in [-0.3, -0.25) is 29.9 Å². The summed E-state index contributed by atoms with van der Waals surface area (Å²) in [5.41, 5.74) is 7.26. The molecule has 11 heteroatoms. The molecule has 0 aliphatic carbocycles. The molecule has 29 heavy (non-hydrogen) atoms. The van der Waals surface area contributed by atoms with Gasteiger partial charge in [0.2, 0.25) is 5.75 Å². The molecule has 148 valence electrons. The van der Waals surface area contributed by atoms with Crippen molar-refractivity contribution in [1.82, 2.24) is 5.43 Å². The van der Waals surface area contributed by atoms with Gasteiger partial charge in [-0.05, 0) is 24.3 Å². The molecule has 2 aromatic carbocycles. The lowest BCUT2D eigenvalue weighted by molar-refractivity contribution is -0.385. The summed E-state index contributed by atoms with van der Waals surface area (Å²) in [4.78, 5) is 46.8. The maximum absolute atomic E-state index is 12.7. The third-order valence-electron chi connectivity index (χ3n) is 3.82. The van der Waals surface area contributed by atoms with Gasteiger partial charge in [0, 0.05) is 16.1 Å². The second-order valence-electron chi connectivity index (χ2n) is 5.83. The first kappa shape index (κ1) is 20.0. The van der Waals surface area contributed by atoms with Gasteiger partial charge < -0.3 is 10.5 Å². The molecule has 1 aliphatic heterocycles. The normalized spacial score (nSPS) is 14.8. The van der Waals surface area contributed by atoms with E-state index in [1.54, 1.807) is 30.3 Å². The summed E-state index contributed by atoms with van der Waals surface area (Å²) in [5.74, 6) is -2.47. The molecule has 0 unspecified atom stereocenters. The number of halogens is 1. The Morgan fingerprint density at radius 3 is 2.59 bits per heavy atom. The molecule has 0 radical (unpaired) electrons. The molecule has 0 aromatic heterocycles. The van der Waals surface area contributed by atoms with Crippen LogP contribution >= 0.6 is 15.9 Å². The Morgan fingerprint density at radius 1 is 1.28 bits per heavy atom. The van der Waals surface area contributed by atoms with Gasteiger partial charge in [-0.1, -0.05) is 34.1 Å². The van der Waals surface area contributed by atoms with Gasteiger partial charge in [0.25, 0.3) is 17.7 Å². The number of rotatable bonds is 6. The lowest BCUT2D eigenvalue weighted by Gasteiger charge is -2.14. The van der Waals surface area contributed by atoms with Crippen LogP contribution in [0.2, 0.25) is 0 Å². The lowest BCUT2D eigenvalue weighted by atomic mass is 10.1. The Balaban J connectivity index is 2.07. The van der Waals surface area contributed by atoms with Crippen molar-refractivity contribution in [3.8, 4) is 5.75 Å². The number of nitrogens with two attached hydrogens (primary N) is 1. The molecule has 3 rings (SSSR count). The molecule has 1 heterocycles. The summed E-state index contributed by atoms with van der Waals surface area (Å²) in [6.07, 6.45) is 1.16. The molecule has 3 N–H and O–H groups in total. The number of ether oxygens (including phenoxy) is 1. The SMILES string of the molecule is NC(=O)COc1c(/C=C2/C(=O)NN(c3ccccc3)C2=O)cc(Br)cc1[N+](=O)[O-]. The highest BCUT2D eigenvalue weighted by atomic mass is 79.9. The van der Waals surface area contributed by atoms with Crippen LogP contribution in [-0.4, -0.2) is 29.3 Å². The fraction of sp³-hybridized carbons (Fsp3) is 0.0556. The van der Waals surface area contributed by atoms with E-state index in [-0.39, 0.29) is 16.9 Å². The van der Waals surface area contributed by atoms with Crippen molar-refractivity contribution in [3.05, 3.63) is 68.2 Å². The standard InChI is InChI=1S/C18H13BrN4O6/c19-11-6-10(16(29-9-15(20)24)14(8-11)23(27)28)7-13-17(25)21-22(18(13)26)12-4-2-1-3-5-12/h1-8H,9H2,(H2,20,24)(H,21,25)/b13-7-. The zero-order chi connectivity index (χ0) is 21.1. The number of para-hydroxylation sites is 1. The van der Waals surface area contributed by atoms with Crippen LogP contribution in [0.4, 0.5) is 11.4 Å². The second-order valence-corrected chi connectivity index (χ2v) is 6.75. The summed E-state index contributed by atoms with van der Waals surface area (Å²) in [5, 5.41) is 12.4. The van der Waals surface area contributed by atoms with E-state index < -0.39 is 34.9 Å². The first-order valence-electron chi connectivity index (χ1n) is 8.09. The van der Waals surface area contributed by atoms with Crippen LogP contribution in [0, 0.1) is 10.1 Å². The minimum absolute atomic E-state index is 0.0562. The fourth-order valence-corrected chi connectivity index (χ4v) is 3.08. The smallest absolute Gasteiger partial charge is 0.312 e. The molecule has 0 spiro atoms. The molecule has 1 saturated heterocycles. The van der Waals surface area contributed by atoms with E-state index in [9.17, 15) is 24.5 Å². The number of nitrogens with one attached hydrogen (secondary N) is 1. The van der Waals surface area contributed by atoms with Gasteiger partial charge in [0.05, 0.1) is 10.6 Å². The number of benzene rings is 2. The average Bonchev–Trinajstić information content (AvgIpc) is 2.95. The molecule has 0 bridgehead atoms. The van der Waals surface area contributed by atoms with Crippen LogP contribution in [0.1, 0.15) is 5.56 Å². The number of nitro groups is 1. The van der Waals surface area contributed by atoms with Crippen LogP contribution < -0.4 is 20.9 Å². The van der Waals surface area contributed by atoms with Crippen molar-refractivity contribution in [2.45, 2.75) is 0 Å². The summed E-state index contributed by atoms with van der Waals surface area (Å²) in [6, 6.07) is 11.0. The zero-order valence-corrected chi connectivity index (χ0v) is 16.2. The molecule has 2 aromatic rings. The number of carbonyl (C=O) groups is 3. The fourth-order valence-electron chi connectivity index (χ4n) is 2.61. The van der Waals surface area contributed by atoms with Crippen molar-refractivity contribution >= 4 is 51.1 Å². The highest BCUT2D eigenvalue weighted by Crippen LogP contribution is 2.36. The summed E-state index contributed by atoms with van der Waals surface area (Å²) in [7, 11) is 0. The van der Waals surface area contributed by atoms with Crippen LogP contribution in [0.5, 0.6) is 5.75 Å². The van der Waals surface area contributed by atoms with Gasteiger partial charge in [-0.25, -0.2) is 5.01 Å². The quantitative estimate of drug-likeness (QED) is 0.290. The van der Waals surface area contributed by atoms with Crippen molar-refractivity contribution in [2.24, 2.45) is 5.73 Å². The van der Waals surface area contributed by atoms with Gasteiger partial charge in [-0.15, -0.1) is 0 Å². The van der Waals surface area contributed by atoms with Crippen LogP contribution in [-0.2, 0) is 14.4 Å². The van der Waals surface area contributed by atoms with E-state index in [0.29, 0.717) is 10.2 Å². The zero-order valence-electron chi connectivity index (χ0n) is 14.6. The maximum atomic E-state index is 12.7. The maximum Gasteiger partial charge on any atom is 0.312 e. The van der Waals surface area contributed by atoms with Crippen molar-refractivity contribution < 1.29 is 24.0 Å². The summed E-state index contributed by atoms with van der Waals surface area (Å²) < 4.78 is 5.51. The minimum Gasteiger partial charge on any atom is -0.476 e. The number of anilines is 1. The Bertz CT molecular complexity index is 1050. The number of hydrogen-bond acceptors (Lipinski definition) is 6. The molecule has 0 saturated carbocycles. The minimum atomic E-state index is -0.842. The Kier molecular flexibility index (Phi) is 5.59. The van der Waals surface area contributed by atoms with E-state index in [1.807, 2.05) is 0 Å². The molecule has 10 nitrogen and oxygen atoms in total. The van der Waals surface area contributed by atoms with E-state index in [1.165, 1.54) is 12.1 Å². The van der Waals surface area contributed by atoms with Crippen LogP contribution in [0.25, 0.3) is 6.08 Å².